The van der Waals surface area contributed by atoms with Crippen molar-refractivity contribution in [2.24, 2.45) is 0 Å². The van der Waals surface area contributed by atoms with Crippen LogP contribution in [0.2, 0.25) is 0 Å². The summed E-state index contributed by atoms with van der Waals surface area (Å²) in [4.78, 5) is 8.34. The van der Waals surface area contributed by atoms with E-state index < -0.39 is 0 Å². The standard InChI is InChI=1S/C13H23N3S/c1-4-5-8-14-9-11-12(10-6-7-10)15-13(17-11)16(2)3/h10,14H,4-9H2,1-3H3. The first-order valence-electron chi connectivity index (χ1n) is 6.60. The molecule has 2 rings (SSSR count). The molecule has 1 aromatic heterocycles. The van der Waals surface area contributed by atoms with Crippen LogP contribution in [0.1, 0.15) is 49.1 Å². The van der Waals surface area contributed by atoms with Gasteiger partial charge in [-0.15, -0.1) is 11.3 Å². The van der Waals surface area contributed by atoms with Crippen molar-refractivity contribution in [3.05, 3.63) is 10.6 Å². The third-order valence-corrected chi connectivity index (χ3v) is 4.29. The Balaban J connectivity index is 1.98. The van der Waals surface area contributed by atoms with Gasteiger partial charge in [-0.05, 0) is 25.8 Å². The molecular formula is C13H23N3S. The second kappa shape index (κ2) is 5.83. The predicted octanol–water partition coefficient (Wildman–Crippen LogP) is 2.98. The molecule has 1 N–H and O–H groups in total. The Morgan fingerprint density at radius 2 is 2.18 bits per heavy atom. The van der Waals surface area contributed by atoms with Crippen molar-refractivity contribution in [1.29, 1.82) is 0 Å². The minimum atomic E-state index is 0.753. The van der Waals surface area contributed by atoms with Gasteiger partial charge in [-0.3, -0.25) is 0 Å². The van der Waals surface area contributed by atoms with Crippen molar-refractivity contribution in [2.45, 2.75) is 45.1 Å². The monoisotopic (exact) mass is 253 g/mol. The number of rotatable bonds is 7. The average molecular weight is 253 g/mol. The molecular weight excluding hydrogens is 230 g/mol. The number of nitrogens with zero attached hydrogens (tertiary/aromatic N) is 2. The van der Waals surface area contributed by atoms with E-state index in [0.29, 0.717) is 0 Å². The van der Waals surface area contributed by atoms with Crippen LogP contribution >= 0.6 is 11.3 Å². The van der Waals surface area contributed by atoms with Gasteiger partial charge in [-0.2, -0.15) is 0 Å². The van der Waals surface area contributed by atoms with E-state index in [1.807, 2.05) is 11.3 Å². The van der Waals surface area contributed by atoms with Crippen molar-refractivity contribution >= 4 is 16.5 Å². The molecule has 0 bridgehead atoms. The lowest BCUT2D eigenvalue weighted by atomic mass is 10.2. The Morgan fingerprint density at radius 1 is 1.41 bits per heavy atom. The van der Waals surface area contributed by atoms with E-state index in [4.69, 9.17) is 4.98 Å². The van der Waals surface area contributed by atoms with Gasteiger partial charge in [0.1, 0.15) is 0 Å². The summed E-state index contributed by atoms with van der Waals surface area (Å²) in [6, 6.07) is 0. The van der Waals surface area contributed by atoms with Crippen LogP contribution in [-0.2, 0) is 6.54 Å². The third-order valence-electron chi connectivity index (χ3n) is 3.06. The molecule has 1 fully saturated rings. The Hall–Kier alpha value is -0.610. The van der Waals surface area contributed by atoms with Crippen LogP contribution < -0.4 is 10.2 Å². The van der Waals surface area contributed by atoms with E-state index in [9.17, 15) is 0 Å². The van der Waals surface area contributed by atoms with Gasteiger partial charge in [0.25, 0.3) is 0 Å². The smallest absolute Gasteiger partial charge is 0.185 e. The lowest BCUT2D eigenvalue weighted by molar-refractivity contribution is 0.642. The number of hydrogen-bond donors (Lipinski definition) is 1. The number of anilines is 1. The molecule has 1 aromatic rings. The molecule has 1 aliphatic carbocycles. The molecule has 0 amide bonds. The molecule has 0 atom stereocenters. The zero-order valence-electron chi connectivity index (χ0n) is 11.1. The molecule has 0 saturated heterocycles. The SMILES string of the molecule is CCCCNCc1sc(N(C)C)nc1C1CC1. The minimum absolute atomic E-state index is 0.753. The molecule has 17 heavy (non-hydrogen) atoms. The third kappa shape index (κ3) is 3.42. The van der Waals surface area contributed by atoms with Gasteiger partial charge in [-0.1, -0.05) is 13.3 Å². The number of unbranched alkanes of at least 4 members (excludes halogenated alkanes) is 1. The summed E-state index contributed by atoms with van der Waals surface area (Å²) in [7, 11) is 4.15. The summed E-state index contributed by atoms with van der Waals surface area (Å²) >= 11 is 1.85. The first-order chi connectivity index (χ1) is 8.22. The quantitative estimate of drug-likeness (QED) is 0.757. The van der Waals surface area contributed by atoms with Gasteiger partial charge in [0.15, 0.2) is 5.13 Å². The summed E-state index contributed by atoms with van der Waals surface area (Å²) in [5.74, 6) is 0.753. The maximum Gasteiger partial charge on any atom is 0.185 e. The molecule has 96 valence electrons. The highest BCUT2D eigenvalue weighted by Gasteiger charge is 2.29. The predicted molar refractivity (Wildman–Crippen MR) is 75.0 cm³/mol. The lowest BCUT2D eigenvalue weighted by Gasteiger charge is -2.05. The van der Waals surface area contributed by atoms with Gasteiger partial charge >= 0.3 is 0 Å². The Kier molecular flexibility index (Phi) is 4.40. The first-order valence-corrected chi connectivity index (χ1v) is 7.41. The van der Waals surface area contributed by atoms with Crippen LogP contribution in [0, 0.1) is 0 Å². The normalized spacial score (nSPS) is 15.2. The number of nitrogens with one attached hydrogen (secondary N) is 1. The van der Waals surface area contributed by atoms with Gasteiger partial charge < -0.3 is 10.2 Å². The van der Waals surface area contributed by atoms with Crippen LogP contribution in [-0.4, -0.2) is 25.6 Å². The van der Waals surface area contributed by atoms with E-state index in [2.05, 4.69) is 31.2 Å². The summed E-state index contributed by atoms with van der Waals surface area (Å²) in [5.41, 5.74) is 1.36. The fourth-order valence-corrected chi connectivity index (χ4v) is 2.89. The number of hydrogen-bond acceptors (Lipinski definition) is 4. The number of aromatic nitrogens is 1. The van der Waals surface area contributed by atoms with E-state index in [-0.39, 0.29) is 0 Å². The van der Waals surface area contributed by atoms with Crippen LogP contribution in [0.3, 0.4) is 0 Å². The molecule has 0 aromatic carbocycles. The minimum Gasteiger partial charge on any atom is -0.354 e. The highest BCUT2D eigenvalue weighted by Crippen LogP contribution is 2.43. The molecule has 1 saturated carbocycles. The van der Waals surface area contributed by atoms with Gasteiger partial charge in [0.2, 0.25) is 0 Å². The highest BCUT2D eigenvalue weighted by molar-refractivity contribution is 7.15. The molecule has 0 spiro atoms. The lowest BCUT2D eigenvalue weighted by Crippen LogP contribution is -2.14. The fourth-order valence-electron chi connectivity index (χ4n) is 1.85. The van der Waals surface area contributed by atoms with Gasteiger partial charge in [-0.25, -0.2) is 4.98 Å². The van der Waals surface area contributed by atoms with Crippen LogP contribution in [0.25, 0.3) is 0 Å². The van der Waals surface area contributed by atoms with Crippen molar-refractivity contribution < 1.29 is 0 Å². The topological polar surface area (TPSA) is 28.2 Å². The van der Waals surface area contributed by atoms with Gasteiger partial charge in [0.05, 0.1) is 5.69 Å². The van der Waals surface area contributed by atoms with Crippen molar-refractivity contribution in [1.82, 2.24) is 10.3 Å². The van der Waals surface area contributed by atoms with Crippen LogP contribution in [0.4, 0.5) is 5.13 Å². The highest BCUT2D eigenvalue weighted by atomic mass is 32.1. The average Bonchev–Trinajstić information content (AvgIpc) is 3.05. The Bertz CT molecular complexity index is 356. The Morgan fingerprint density at radius 3 is 2.76 bits per heavy atom. The van der Waals surface area contributed by atoms with Gasteiger partial charge in [0, 0.05) is 31.4 Å². The molecule has 0 unspecified atom stereocenters. The summed E-state index contributed by atoms with van der Waals surface area (Å²) in [6.45, 7) is 4.35. The number of thiazole rings is 1. The van der Waals surface area contributed by atoms with Crippen LogP contribution in [0.5, 0.6) is 0 Å². The van der Waals surface area contributed by atoms with E-state index in [0.717, 1.165) is 24.1 Å². The molecule has 3 nitrogen and oxygen atoms in total. The summed E-state index contributed by atoms with van der Waals surface area (Å²) < 4.78 is 0. The fraction of sp³-hybridized carbons (Fsp3) is 0.769. The maximum absolute atomic E-state index is 4.78. The maximum atomic E-state index is 4.78. The first kappa shape index (κ1) is 12.8. The molecule has 4 heteroatoms. The molecule has 1 heterocycles. The summed E-state index contributed by atoms with van der Waals surface area (Å²) in [5, 5.41) is 4.68. The molecule has 1 aliphatic rings. The van der Waals surface area contributed by atoms with E-state index >= 15 is 0 Å². The Labute approximate surface area is 108 Å². The largest absolute Gasteiger partial charge is 0.354 e. The van der Waals surface area contributed by atoms with Crippen molar-refractivity contribution in [3.63, 3.8) is 0 Å². The van der Waals surface area contributed by atoms with Crippen molar-refractivity contribution in [2.75, 3.05) is 25.5 Å². The summed E-state index contributed by atoms with van der Waals surface area (Å²) in [6.07, 6.45) is 5.18. The molecule has 0 radical (unpaired) electrons. The zero-order chi connectivity index (χ0) is 12.3. The second-order valence-electron chi connectivity index (χ2n) is 5.00. The van der Waals surface area contributed by atoms with E-state index in [1.54, 1.807) is 0 Å². The zero-order valence-corrected chi connectivity index (χ0v) is 11.9. The van der Waals surface area contributed by atoms with E-state index in [1.165, 1.54) is 36.3 Å². The molecule has 0 aliphatic heterocycles. The van der Waals surface area contributed by atoms with Crippen molar-refractivity contribution in [3.8, 4) is 0 Å². The second-order valence-corrected chi connectivity index (χ2v) is 6.07. The van der Waals surface area contributed by atoms with Crippen LogP contribution in [0.15, 0.2) is 0 Å².